The average molecular weight is 317 g/mol. The molecule has 2 heterocycles. The predicted octanol–water partition coefficient (Wildman–Crippen LogP) is 3.67. The molecule has 22 heavy (non-hydrogen) atoms. The molecule has 0 atom stereocenters. The van der Waals surface area contributed by atoms with Gasteiger partial charge in [0.25, 0.3) is 0 Å². The van der Waals surface area contributed by atoms with Crippen LogP contribution < -0.4 is 4.90 Å². The van der Waals surface area contributed by atoms with E-state index in [9.17, 15) is 4.39 Å². The molecule has 3 rings (SSSR count). The Hall–Kier alpha value is -1.31. The van der Waals surface area contributed by atoms with Crippen molar-refractivity contribution in [2.45, 2.75) is 32.5 Å². The number of nitrogens with zero attached hydrogens (tertiary/aromatic N) is 1. The molecule has 0 saturated carbocycles. The molecule has 0 aromatic heterocycles. The number of hydrogen-bond acceptors (Lipinski definition) is 2. The molecule has 1 aromatic rings. The third-order valence-electron chi connectivity index (χ3n) is 4.47. The van der Waals surface area contributed by atoms with Gasteiger partial charge in [-0.2, -0.15) is 0 Å². The van der Waals surface area contributed by atoms with Crippen molar-refractivity contribution in [3.05, 3.63) is 29.6 Å². The summed E-state index contributed by atoms with van der Waals surface area (Å²) < 4.78 is 19.6. The highest BCUT2D eigenvalue weighted by Gasteiger charge is 2.44. The maximum absolute atomic E-state index is 14.2. The first-order chi connectivity index (χ1) is 10.4. The molecule has 2 nitrogen and oxygen atoms in total. The first-order valence-electron chi connectivity index (χ1n) is 8.02. The zero-order valence-corrected chi connectivity index (χ0v) is 14.7. The maximum Gasteiger partial charge on any atom is 0.146 e. The van der Waals surface area contributed by atoms with Crippen LogP contribution in [0.25, 0.3) is 0 Å². The molecule has 118 valence electrons. The monoisotopic (exact) mass is 317 g/mol. The van der Waals surface area contributed by atoms with E-state index in [0.29, 0.717) is 11.1 Å². The van der Waals surface area contributed by atoms with Crippen molar-refractivity contribution in [1.29, 1.82) is 0 Å². The lowest BCUT2D eigenvalue weighted by Crippen LogP contribution is -2.58. The lowest BCUT2D eigenvalue weighted by molar-refractivity contribution is -0.000388. The number of halogens is 1. The molecule has 0 bridgehead atoms. The summed E-state index contributed by atoms with van der Waals surface area (Å²) in [5.74, 6) is 3.09. The Bertz CT molecular complexity index is 612. The fraction of sp³-hybridized carbons (Fsp3) is 0.556. The van der Waals surface area contributed by atoms with Gasteiger partial charge in [0, 0.05) is 37.3 Å². The largest absolute Gasteiger partial charge is 0.381 e. The van der Waals surface area contributed by atoms with Crippen LogP contribution in [0, 0.1) is 22.7 Å². The Kier molecular flexibility index (Phi) is 4.05. The van der Waals surface area contributed by atoms with Crippen molar-refractivity contribution in [3.8, 4) is 11.5 Å². The second-order valence-corrected chi connectivity index (χ2v) is 12.4. The second kappa shape index (κ2) is 5.71. The maximum atomic E-state index is 14.2. The Morgan fingerprint density at radius 3 is 2.50 bits per heavy atom. The summed E-state index contributed by atoms with van der Waals surface area (Å²) in [4.78, 5) is 2.15. The third kappa shape index (κ3) is 3.36. The molecule has 2 fully saturated rings. The summed E-state index contributed by atoms with van der Waals surface area (Å²) in [5, 5.41) is 0. The van der Waals surface area contributed by atoms with Gasteiger partial charge in [0.15, 0.2) is 0 Å². The fourth-order valence-electron chi connectivity index (χ4n) is 3.15. The van der Waals surface area contributed by atoms with Gasteiger partial charge < -0.3 is 9.64 Å². The second-order valence-electron chi connectivity index (χ2n) is 7.63. The van der Waals surface area contributed by atoms with Gasteiger partial charge in [-0.3, -0.25) is 0 Å². The van der Waals surface area contributed by atoms with E-state index in [1.165, 1.54) is 0 Å². The Morgan fingerprint density at radius 2 is 1.86 bits per heavy atom. The zero-order chi connectivity index (χ0) is 15.8. The number of ether oxygens (including phenoxy) is 1. The van der Waals surface area contributed by atoms with Gasteiger partial charge in [-0.25, -0.2) is 4.39 Å². The van der Waals surface area contributed by atoms with Crippen molar-refractivity contribution < 1.29 is 9.13 Å². The molecule has 0 N–H and O–H groups in total. The van der Waals surface area contributed by atoms with Crippen LogP contribution in [0.2, 0.25) is 19.6 Å². The van der Waals surface area contributed by atoms with Gasteiger partial charge in [0.1, 0.15) is 13.9 Å². The summed E-state index contributed by atoms with van der Waals surface area (Å²) in [6.07, 6.45) is 2.19. The van der Waals surface area contributed by atoms with Crippen LogP contribution in [0.15, 0.2) is 18.2 Å². The lowest BCUT2D eigenvalue weighted by Gasteiger charge is -2.53. The SMILES string of the molecule is C[Si](C)(C)C#Cc1ccc(F)c(N2CC3(CCOCC3)C2)c1. The van der Waals surface area contributed by atoms with Crippen molar-refractivity contribution in [1.82, 2.24) is 0 Å². The lowest BCUT2D eigenvalue weighted by atomic mass is 9.73. The molecule has 4 heteroatoms. The highest BCUT2D eigenvalue weighted by Crippen LogP contribution is 2.42. The van der Waals surface area contributed by atoms with Gasteiger partial charge >= 0.3 is 0 Å². The van der Waals surface area contributed by atoms with E-state index in [0.717, 1.165) is 44.7 Å². The molecule has 0 radical (unpaired) electrons. The average Bonchev–Trinajstić information content (AvgIpc) is 2.44. The number of rotatable bonds is 1. The van der Waals surface area contributed by atoms with Crippen LogP contribution in [0.3, 0.4) is 0 Å². The Morgan fingerprint density at radius 1 is 1.18 bits per heavy atom. The predicted molar refractivity (Wildman–Crippen MR) is 91.3 cm³/mol. The number of hydrogen-bond donors (Lipinski definition) is 0. The standard InChI is InChI=1S/C18H24FNOSi/c1-22(2,3)11-6-15-4-5-16(19)17(12-15)20-13-18(14-20)7-9-21-10-8-18/h4-5,12H,7-10,13-14H2,1-3H3. The zero-order valence-electron chi connectivity index (χ0n) is 13.7. The van der Waals surface area contributed by atoms with E-state index >= 15 is 0 Å². The van der Waals surface area contributed by atoms with Gasteiger partial charge in [-0.1, -0.05) is 25.6 Å². The highest BCUT2D eigenvalue weighted by atomic mass is 28.3. The normalized spacial score (nSPS) is 20.3. The Labute approximate surface area is 133 Å². The molecule has 0 aliphatic carbocycles. The van der Waals surface area contributed by atoms with Crippen LogP contribution in [0.5, 0.6) is 0 Å². The van der Waals surface area contributed by atoms with E-state index in [1.807, 2.05) is 6.07 Å². The van der Waals surface area contributed by atoms with E-state index in [2.05, 4.69) is 36.0 Å². The fourth-order valence-corrected chi connectivity index (χ4v) is 3.67. The van der Waals surface area contributed by atoms with Crippen LogP contribution in [0.4, 0.5) is 10.1 Å². The van der Waals surface area contributed by atoms with Crippen LogP contribution >= 0.6 is 0 Å². The molecule has 0 unspecified atom stereocenters. The molecular weight excluding hydrogens is 293 g/mol. The van der Waals surface area contributed by atoms with Gasteiger partial charge in [-0.15, -0.1) is 5.54 Å². The molecule has 0 amide bonds. The smallest absolute Gasteiger partial charge is 0.146 e. The summed E-state index contributed by atoms with van der Waals surface area (Å²) in [7, 11) is -1.41. The minimum Gasteiger partial charge on any atom is -0.381 e. The molecule has 2 aliphatic heterocycles. The van der Waals surface area contributed by atoms with E-state index in [-0.39, 0.29) is 5.82 Å². The molecule has 1 spiro atoms. The van der Waals surface area contributed by atoms with Gasteiger partial charge in [0.2, 0.25) is 0 Å². The summed E-state index contributed by atoms with van der Waals surface area (Å²) in [6, 6.07) is 5.25. The summed E-state index contributed by atoms with van der Waals surface area (Å²) in [5.41, 5.74) is 5.33. The van der Waals surface area contributed by atoms with Gasteiger partial charge in [-0.05, 0) is 31.0 Å². The minimum absolute atomic E-state index is 0.138. The first-order valence-corrected chi connectivity index (χ1v) is 11.5. The Balaban J connectivity index is 1.75. The first kappa shape index (κ1) is 15.6. The minimum atomic E-state index is -1.41. The van der Waals surface area contributed by atoms with Crippen LogP contribution in [-0.2, 0) is 4.74 Å². The van der Waals surface area contributed by atoms with Crippen LogP contribution in [-0.4, -0.2) is 34.4 Å². The highest BCUT2D eigenvalue weighted by molar-refractivity contribution is 6.83. The summed E-state index contributed by atoms with van der Waals surface area (Å²) >= 11 is 0. The van der Waals surface area contributed by atoms with Crippen molar-refractivity contribution in [2.75, 3.05) is 31.2 Å². The number of benzene rings is 1. The third-order valence-corrected chi connectivity index (χ3v) is 5.35. The van der Waals surface area contributed by atoms with E-state index < -0.39 is 8.07 Å². The van der Waals surface area contributed by atoms with Crippen molar-refractivity contribution in [2.24, 2.45) is 5.41 Å². The molecule has 1 aromatic carbocycles. The van der Waals surface area contributed by atoms with Crippen molar-refractivity contribution in [3.63, 3.8) is 0 Å². The molecular formula is C18H24FNOSi. The molecule has 2 aliphatic rings. The summed E-state index contributed by atoms with van der Waals surface area (Å²) in [6.45, 7) is 10.2. The quantitative estimate of drug-likeness (QED) is 0.579. The van der Waals surface area contributed by atoms with Gasteiger partial charge in [0.05, 0.1) is 5.69 Å². The van der Waals surface area contributed by atoms with Crippen LogP contribution in [0.1, 0.15) is 18.4 Å². The topological polar surface area (TPSA) is 12.5 Å². The number of anilines is 1. The van der Waals surface area contributed by atoms with Crippen molar-refractivity contribution >= 4 is 13.8 Å². The molecule has 2 saturated heterocycles. The van der Waals surface area contributed by atoms with E-state index in [1.54, 1.807) is 12.1 Å². The van der Waals surface area contributed by atoms with E-state index in [4.69, 9.17) is 4.74 Å².